The fourth-order valence-corrected chi connectivity index (χ4v) is 5.03. The number of hydrogen-bond acceptors (Lipinski definition) is 7. The Bertz CT molecular complexity index is 1090. The first-order valence-corrected chi connectivity index (χ1v) is 10.2. The molecule has 0 radical (unpaired) electrons. The molecule has 0 fully saturated rings. The van der Waals surface area contributed by atoms with Gasteiger partial charge in [0.15, 0.2) is 8.68 Å². The third kappa shape index (κ3) is 2.94. The van der Waals surface area contributed by atoms with Crippen LogP contribution in [-0.4, -0.2) is 16.5 Å². The van der Waals surface area contributed by atoms with Crippen molar-refractivity contribution in [1.29, 1.82) is 0 Å². The van der Waals surface area contributed by atoms with Crippen molar-refractivity contribution in [3.05, 3.63) is 58.4 Å². The second-order valence-corrected chi connectivity index (χ2v) is 8.33. The Labute approximate surface area is 150 Å². The molecule has 0 bridgehead atoms. The van der Waals surface area contributed by atoms with Gasteiger partial charge in [-0.2, -0.15) is 0 Å². The molecule has 7 heteroatoms. The van der Waals surface area contributed by atoms with E-state index >= 15 is 0 Å². The quantitative estimate of drug-likeness (QED) is 0.291. The zero-order valence-corrected chi connectivity index (χ0v) is 15.1. The Morgan fingerprint density at radius 2 is 1.96 bits per heavy atom. The van der Waals surface area contributed by atoms with Gasteiger partial charge in [0, 0.05) is 17.2 Å². The van der Waals surface area contributed by atoms with Crippen molar-refractivity contribution in [3.8, 4) is 0 Å². The minimum absolute atomic E-state index is 0.324. The molecule has 2 aromatic heterocycles. The maximum absolute atomic E-state index is 11.9. The topological polar surface area (TPSA) is 56.0 Å². The van der Waals surface area contributed by atoms with Crippen LogP contribution in [-0.2, 0) is 5.75 Å². The molecule has 2 heterocycles. The van der Waals surface area contributed by atoms with E-state index in [1.807, 2.05) is 30.5 Å². The smallest absolute Gasteiger partial charge is 0.336 e. The molecule has 0 unspecified atom stereocenters. The molecule has 0 aliphatic heterocycles. The van der Waals surface area contributed by atoms with Crippen LogP contribution in [0.5, 0.6) is 0 Å². The lowest BCUT2D eigenvalue weighted by Crippen LogP contribution is -2.00. The number of nitrogens with zero attached hydrogens (tertiary/aromatic N) is 2. The Morgan fingerprint density at radius 1 is 1.12 bits per heavy atom. The molecule has 120 valence electrons. The van der Waals surface area contributed by atoms with Gasteiger partial charge in [-0.05, 0) is 28.7 Å². The highest BCUT2D eigenvalue weighted by molar-refractivity contribution is 8.02. The van der Waals surface area contributed by atoms with Crippen molar-refractivity contribution in [2.24, 2.45) is 0 Å². The predicted molar refractivity (Wildman–Crippen MR) is 101 cm³/mol. The van der Waals surface area contributed by atoms with Crippen molar-refractivity contribution in [3.63, 3.8) is 0 Å². The van der Waals surface area contributed by atoms with Crippen LogP contribution in [0.1, 0.15) is 5.56 Å². The SMILES string of the molecule is CSc1nnc(SCc2cc(=O)oc3ccc4ccccc4c23)s1. The summed E-state index contributed by atoms with van der Waals surface area (Å²) in [7, 11) is 0. The minimum atomic E-state index is -0.324. The molecule has 0 aliphatic rings. The molecule has 0 saturated carbocycles. The zero-order chi connectivity index (χ0) is 16.5. The van der Waals surface area contributed by atoms with Crippen molar-refractivity contribution >= 4 is 56.6 Å². The molecule has 4 aromatic rings. The van der Waals surface area contributed by atoms with E-state index in [4.69, 9.17) is 4.42 Å². The van der Waals surface area contributed by atoms with Gasteiger partial charge in [-0.3, -0.25) is 0 Å². The van der Waals surface area contributed by atoms with Gasteiger partial charge in [0.05, 0.1) is 0 Å². The van der Waals surface area contributed by atoms with Crippen LogP contribution in [0.3, 0.4) is 0 Å². The van der Waals surface area contributed by atoms with Gasteiger partial charge in [0.25, 0.3) is 0 Å². The summed E-state index contributed by atoms with van der Waals surface area (Å²) >= 11 is 4.75. The van der Waals surface area contributed by atoms with Gasteiger partial charge in [0.2, 0.25) is 0 Å². The van der Waals surface area contributed by atoms with Crippen LogP contribution in [0.25, 0.3) is 21.7 Å². The predicted octanol–water partition coefficient (Wildman–Crippen LogP) is 4.81. The van der Waals surface area contributed by atoms with E-state index in [1.54, 1.807) is 40.9 Å². The van der Waals surface area contributed by atoms with Crippen LogP contribution >= 0.6 is 34.9 Å². The Morgan fingerprint density at radius 3 is 2.79 bits per heavy atom. The van der Waals surface area contributed by atoms with E-state index < -0.39 is 0 Å². The van der Waals surface area contributed by atoms with E-state index in [0.29, 0.717) is 11.3 Å². The van der Waals surface area contributed by atoms with Gasteiger partial charge in [-0.1, -0.05) is 65.2 Å². The summed E-state index contributed by atoms with van der Waals surface area (Å²) < 4.78 is 7.24. The summed E-state index contributed by atoms with van der Waals surface area (Å²) in [6, 6.07) is 13.6. The highest BCUT2D eigenvalue weighted by atomic mass is 32.2. The maximum Gasteiger partial charge on any atom is 0.336 e. The third-order valence-corrected chi connectivity index (χ3v) is 6.71. The molecule has 0 aliphatic carbocycles. The van der Waals surface area contributed by atoms with Crippen molar-refractivity contribution in [2.45, 2.75) is 14.4 Å². The Hall–Kier alpha value is -1.83. The summed E-state index contributed by atoms with van der Waals surface area (Å²) in [5, 5.41) is 11.5. The third-order valence-electron chi connectivity index (χ3n) is 3.63. The Balaban J connectivity index is 1.81. The first-order chi connectivity index (χ1) is 11.7. The van der Waals surface area contributed by atoms with Crippen LogP contribution in [0.4, 0.5) is 0 Å². The number of thioether (sulfide) groups is 2. The molecule has 0 amide bonds. The minimum Gasteiger partial charge on any atom is -0.423 e. The maximum atomic E-state index is 11.9. The average molecular weight is 372 g/mol. The van der Waals surface area contributed by atoms with Gasteiger partial charge in [0.1, 0.15) is 5.58 Å². The van der Waals surface area contributed by atoms with Crippen molar-refractivity contribution in [1.82, 2.24) is 10.2 Å². The zero-order valence-electron chi connectivity index (χ0n) is 12.7. The molecule has 4 nitrogen and oxygen atoms in total. The van der Waals surface area contributed by atoms with E-state index in [-0.39, 0.29) is 5.63 Å². The molecule has 2 aromatic carbocycles. The first-order valence-electron chi connectivity index (χ1n) is 7.19. The van der Waals surface area contributed by atoms with Gasteiger partial charge in [-0.15, -0.1) is 10.2 Å². The van der Waals surface area contributed by atoms with Crippen molar-refractivity contribution < 1.29 is 4.42 Å². The van der Waals surface area contributed by atoms with Crippen LogP contribution in [0.15, 0.2) is 60.4 Å². The molecule has 24 heavy (non-hydrogen) atoms. The van der Waals surface area contributed by atoms with Crippen LogP contribution < -0.4 is 5.63 Å². The molecular weight excluding hydrogens is 360 g/mol. The summed E-state index contributed by atoms with van der Waals surface area (Å²) in [6.45, 7) is 0. The lowest BCUT2D eigenvalue weighted by molar-refractivity contribution is 0.560. The second-order valence-electron chi connectivity index (χ2n) is 5.08. The highest BCUT2D eigenvalue weighted by Crippen LogP contribution is 2.33. The summed E-state index contributed by atoms with van der Waals surface area (Å²) in [6.07, 6.45) is 1.98. The highest BCUT2D eigenvalue weighted by Gasteiger charge is 2.11. The van der Waals surface area contributed by atoms with Crippen LogP contribution in [0, 0.1) is 0 Å². The van der Waals surface area contributed by atoms with Gasteiger partial charge >= 0.3 is 5.63 Å². The van der Waals surface area contributed by atoms with Crippen molar-refractivity contribution in [2.75, 3.05) is 6.26 Å². The van der Waals surface area contributed by atoms with Gasteiger partial charge < -0.3 is 4.42 Å². The lowest BCUT2D eigenvalue weighted by atomic mass is 10.0. The van der Waals surface area contributed by atoms with E-state index in [0.717, 1.165) is 30.4 Å². The second kappa shape index (κ2) is 6.58. The van der Waals surface area contributed by atoms with Gasteiger partial charge in [-0.25, -0.2) is 4.79 Å². The molecule has 0 saturated heterocycles. The summed E-state index contributed by atoms with van der Waals surface area (Å²) in [5.41, 5.74) is 1.26. The Kier molecular flexibility index (Phi) is 4.30. The fourth-order valence-electron chi connectivity index (χ4n) is 2.61. The molecule has 0 atom stereocenters. The number of aromatic nitrogens is 2. The number of rotatable bonds is 4. The van der Waals surface area contributed by atoms with E-state index in [2.05, 4.69) is 22.3 Å². The lowest BCUT2D eigenvalue weighted by Gasteiger charge is -2.07. The number of hydrogen-bond donors (Lipinski definition) is 0. The molecule has 4 rings (SSSR count). The summed E-state index contributed by atoms with van der Waals surface area (Å²) in [5.74, 6) is 0.652. The number of fused-ring (bicyclic) bond motifs is 3. The molecule has 0 N–H and O–H groups in total. The molecule has 0 spiro atoms. The van der Waals surface area contributed by atoms with Crippen LogP contribution in [0.2, 0.25) is 0 Å². The molecular formula is C17H12N2O2S3. The fraction of sp³-hybridized carbons (Fsp3) is 0.118. The average Bonchev–Trinajstić information content (AvgIpc) is 3.07. The monoisotopic (exact) mass is 372 g/mol. The summed E-state index contributed by atoms with van der Waals surface area (Å²) in [4.78, 5) is 11.9. The first kappa shape index (κ1) is 15.7. The number of benzene rings is 2. The standard InChI is InChI=1S/C17H12N2O2S3/c1-22-16-18-19-17(24-16)23-9-11-8-14(20)21-13-7-6-10-4-2-3-5-12(10)15(11)13/h2-8H,9H2,1H3. The normalized spacial score (nSPS) is 11.4. The van der Waals surface area contributed by atoms with E-state index in [9.17, 15) is 4.79 Å². The van der Waals surface area contributed by atoms with E-state index in [1.165, 1.54) is 0 Å². The largest absolute Gasteiger partial charge is 0.423 e.